The highest BCUT2D eigenvalue weighted by Crippen LogP contribution is 2.40. The molecule has 1 atom stereocenters. The monoisotopic (exact) mass is 371 g/mol. The van der Waals surface area contributed by atoms with Crippen molar-refractivity contribution in [2.45, 2.75) is 44.2 Å². The summed E-state index contributed by atoms with van der Waals surface area (Å²) in [6.07, 6.45) is 6.61. The molecule has 2 fully saturated rings. The molecule has 2 aromatic rings. The molecule has 0 N–H and O–H groups in total. The number of urea groups is 1. The number of rotatable bonds is 3. The lowest BCUT2D eigenvalue weighted by molar-refractivity contribution is -0.122. The number of likely N-dealkylation sites (N-methyl/N-ethyl adjacent to an activating group) is 1. The van der Waals surface area contributed by atoms with Crippen LogP contribution in [-0.2, 0) is 4.79 Å². The van der Waals surface area contributed by atoms with Crippen LogP contribution in [0.4, 0.5) is 9.18 Å². The van der Waals surface area contributed by atoms with E-state index in [-0.39, 0.29) is 23.4 Å². The molecule has 2 aromatic heterocycles. The van der Waals surface area contributed by atoms with Gasteiger partial charge in [-0.1, -0.05) is 6.07 Å². The van der Waals surface area contributed by atoms with Gasteiger partial charge in [0.25, 0.3) is 0 Å². The van der Waals surface area contributed by atoms with Gasteiger partial charge in [0.2, 0.25) is 0 Å². The van der Waals surface area contributed by atoms with Crippen LogP contribution in [0.5, 0.6) is 0 Å². The maximum atomic E-state index is 13.1. The average molecular weight is 371 g/mol. The van der Waals surface area contributed by atoms with Gasteiger partial charge in [-0.05, 0) is 31.4 Å². The Labute approximate surface area is 156 Å². The summed E-state index contributed by atoms with van der Waals surface area (Å²) in [5.41, 5.74) is 0.649. The van der Waals surface area contributed by atoms with Gasteiger partial charge in [0.1, 0.15) is 5.78 Å². The molecule has 4 rings (SSSR count). The van der Waals surface area contributed by atoms with Crippen LogP contribution in [0.1, 0.15) is 44.2 Å². The normalized spacial score (nSPS) is 20.6. The molecule has 1 unspecified atom stereocenters. The summed E-state index contributed by atoms with van der Waals surface area (Å²) in [5, 5.41) is 3.90. The Morgan fingerprint density at radius 1 is 1.19 bits per heavy atom. The first-order chi connectivity index (χ1) is 12.9. The van der Waals surface area contributed by atoms with Gasteiger partial charge in [-0.25, -0.2) is 18.9 Å². The minimum atomic E-state index is -0.420. The van der Waals surface area contributed by atoms with Crippen molar-refractivity contribution < 1.29 is 14.0 Å². The van der Waals surface area contributed by atoms with Crippen molar-refractivity contribution in [1.82, 2.24) is 24.6 Å². The number of pyridine rings is 1. The first-order valence-electron chi connectivity index (χ1n) is 9.12. The minimum absolute atomic E-state index is 0.0185. The Hall–Kier alpha value is -2.77. The zero-order valence-corrected chi connectivity index (χ0v) is 15.4. The lowest BCUT2D eigenvalue weighted by Crippen LogP contribution is -2.47. The van der Waals surface area contributed by atoms with Gasteiger partial charge in [0.05, 0.1) is 24.0 Å². The molecular formula is C19H22FN5O2. The molecule has 1 spiro atoms. The van der Waals surface area contributed by atoms with Crippen LogP contribution in [0.2, 0.25) is 0 Å². The highest BCUT2D eigenvalue weighted by molar-refractivity contribution is 5.82. The number of carbonyl (C=O) groups is 2. The van der Waals surface area contributed by atoms with Gasteiger partial charge in [-0.15, -0.1) is 0 Å². The van der Waals surface area contributed by atoms with Crippen molar-refractivity contribution >= 4 is 11.8 Å². The van der Waals surface area contributed by atoms with E-state index in [2.05, 4.69) is 10.1 Å². The van der Waals surface area contributed by atoms with Crippen molar-refractivity contribution in [3.05, 3.63) is 42.1 Å². The summed E-state index contributed by atoms with van der Waals surface area (Å²) in [7, 11) is 1.83. The Kier molecular flexibility index (Phi) is 4.20. The van der Waals surface area contributed by atoms with Crippen molar-refractivity contribution in [2.24, 2.45) is 0 Å². The number of ketones is 1. The second-order valence-electron chi connectivity index (χ2n) is 7.46. The van der Waals surface area contributed by atoms with Gasteiger partial charge in [0, 0.05) is 32.6 Å². The zero-order valence-electron chi connectivity index (χ0n) is 15.4. The van der Waals surface area contributed by atoms with Crippen LogP contribution in [0.25, 0.3) is 5.82 Å². The van der Waals surface area contributed by atoms with Crippen molar-refractivity contribution in [1.29, 1.82) is 0 Å². The topological polar surface area (TPSA) is 71.3 Å². The highest BCUT2D eigenvalue weighted by Gasteiger charge is 2.50. The maximum absolute atomic E-state index is 13.1. The second-order valence-corrected chi connectivity index (χ2v) is 7.46. The molecule has 1 saturated carbocycles. The van der Waals surface area contributed by atoms with E-state index in [1.165, 1.54) is 10.9 Å². The molecule has 3 heterocycles. The summed E-state index contributed by atoms with van der Waals surface area (Å²) >= 11 is 0. The number of carbonyl (C=O) groups excluding carboxylic acids is 2. The molecule has 0 radical (unpaired) electrons. The van der Waals surface area contributed by atoms with Gasteiger partial charge in [-0.3, -0.25) is 4.79 Å². The predicted molar refractivity (Wildman–Crippen MR) is 95.8 cm³/mol. The number of amides is 2. The Bertz CT molecular complexity index is 868. The van der Waals surface area contributed by atoms with E-state index in [4.69, 9.17) is 0 Å². The minimum Gasteiger partial charge on any atom is -0.320 e. The fourth-order valence-corrected chi connectivity index (χ4v) is 4.06. The largest absolute Gasteiger partial charge is 0.320 e. The van der Waals surface area contributed by atoms with Crippen LogP contribution in [0.15, 0.2) is 30.7 Å². The molecule has 2 amide bonds. The molecule has 7 nitrogen and oxygen atoms in total. The average Bonchev–Trinajstić information content (AvgIpc) is 3.21. The molecule has 1 saturated heterocycles. The fourth-order valence-electron chi connectivity index (χ4n) is 4.06. The third kappa shape index (κ3) is 2.98. The number of hydrogen-bond donors (Lipinski definition) is 0. The standard InChI is InChI=1S/C19H22FN5O2/c1-13(14-3-4-17(21-9-14)25-11-15(20)10-22-25)24-12-19(23(2)18(24)27)7-5-16(26)6-8-19/h3-4,9-11,13H,5-8,12H2,1-2H3. The molecular weight excluding hydrogens is 349 g/mol. The van der Waals surface area contributed by atoms with E-state index in [0.29, 0.717) is 25.2 Å². The van der Waals surface area contributed by atoms with Crippen molar-refractivity contribution in [3.8, 4) is 5.82 Å². The summed E-state index contributed by atoms with van der Waals surface area (Å²) in [6.45, 7) is 2.59. The number of aromatic nitrogens is 3. The number of halogens is 1. The van der Waals surface area contributed by atoms with Crippen LogP contribution < -0.4 is 0 Å². The Morgan fingerprint density at radius 3 is 2.52 bits per heavy atom. The van der Waals surface area contributed by atoms with E-state index in [9.17, 15) is 14.0 Å². The van der Waals surface area contributed by atoms with Gasteiger partial charge >= 0.3 is 6.03 Å². The van der Waals surface area contributed by atoms with Gasteiger partial charge in [0.15, 0.2) is 11.6 Å². The van der Waals surface area contributed by atoms with Crippen LogP contribution >= 0.6 is 0 Å². The van der Waals surface area contributed by atoms with Crippen molar-refractivity contribution in [3.63, 3.8) is 0 Å². The summed E-state index contributed by atoms with van der Waals surface area (Å²) in [5.74, 6) is 0.376. The quantitative estimate of drug-likeness (QED) is 0.832. The lowest BCUT2D eigenvalue weighted by atomic mass is 9.80. The zero-order chi connectivity index (χ0) is 19.2. The smallest absolute Gasteiger partial charge is 0.320 e. The first kappa shape index (κ1) is 17.6. The molecule has 1 aliphatic carbocycles. The molecule has 27 heavy (non-hydrogen) atoms. The third-order valence-corrected chi connectivity index (χ3v) is 5.95. The number of Topliss-reactive ketones (excluding diaryl/α,β-unsaturated/α-hetero) is 1. The molecule has 8 heteroatoms. The van der Waals surface area contributed by atoms with E-state index >= 15 is 0 Å². The molecule has 0 bridgehead atoms. The third-order valence-electron chi connectivity index (χ3n) is 5.95. The van der Waals surface area contributed by atoms with E-state index in [0.717, 1.165) is 24.6 Å². The van der Waals surface area contributed by atoms with Crippen LogP contribution in [0, 0.1) is 5.82 Å². The molecule has 0 aromatic carbocycles. The number of hydrogen-bond acceptors (Lipinski definition) is 4. The highest BCUT2D eigenvalue weighted by atomic mass is 19.1. The lowest BCUT2D eigenvalue weighted by Gasteiger charge is -2.37. The summed E-state index contributed by atoms with van der Waals surface area (Å²) in [4.78, 5) is 32.5. The number of nitrogens with zero attached hydrogens (tertiary/aromatic N) is 5. The van der Waals surface area contributed by atoms with Crippen molar-refractivity contribution in [2.75, 3.05) is 13.6 Å². The van der Waals surface area contributed by atoms with E-state index < -0.39 is 5.82 Å². The van der Waals surface area contributed by atoms with E-state index in [1.807, 2.05) is 29.8 Å². The predicted octanol–water partition coefficient (Wildman–Crippen LogP) is 2.72. The Morgan fingerprint density at radius 2 is 1.93 bits per heavy atom. The molecule has 2 aliphatic rings. The first-order valence-corrected chi connectivity index (χ1v) is 9.12. The molecule has 1 aliphatic heterocycles. The summed E-state index contributed by atoms with van der Waals surface area (Å²) in [6, 6.07) is 3.48. The van der Waals surface area contributed by atoms with Crippen LogP contribution in [0.3, 0.4) is 0 Å². The summed E-state index contributed by atoms with van der Waals surface area (Å²) < 4.78 is 14.5. The Balaban J connectivity index is 1.53. The second kappa shape index (κ2) is 6.44. The fraction of sp³-hybridized carbons (Fsp3) is 0.474. The molecule has 142 valence electrons. The van der Waals surface area contributed by atoms with Crippen LogP contribution in [-0.4, -0.2) is 55.5 Å². The SMILES string of the molecule is CC(c1ccc(-n2cc(F)cn2)nc1)N1CC2(CCC(=O)CC2)N(C)C1=O. The maximum Gasteiger partial charge on any atom is 0.320 e. The van der Waals surface area contributed by atoms with E-state index in [1.54, 1.807) is 12.3 Å². The van der Waals surface area contributed by atoms with Gasteiger partial charge < -0.3 is 9.80 Å². The van der Waals surface area contributed by atoms with Gasteiger partial charge in [-0.2, -0.15) is 5.10 Å².